The lowest BCUT2D eigenvalue weighted by Crippen LogP contribution is -2.25. The summed E-state index contributed by atoms with van der Waals surface area (Å²) in [7, 11) is 3.10. The Morgan fingerprint density at radius 1 is 1.23 bits per heavy atom. The van der Waals surface area contributed by atoms with Crippen LogP contribution in [0.2, 0.25) is 0 Å². The number of carbonyl (C=O) groups excluding carboxylic acids is 1. The number of halogens is 1. The molecule has 1 fully saturated rings. The third kappa shape index (κ3) is 3.83. The molecule has 0 spiro atoms. The lowest BCUT2D eigenvalue weighted by molar-refractivity contribution is 0.00753. The number of carbonyl (C=O) groups is 1. The van der Waals surface area contributed by atoms with Gasteiger partial charge in [-0.05, 0) is 18.2 Å². The largest absolute Gasteiger partial charge is 0.496 e. The predicted molar refractivity (Wildman–Crippen MR) is 113 cm³/mol. The number of hydrogen-bond donors (Lipinski definition) is 0. The molecule has 8 heteroatoms. The summed E-state index contributed by atoms with van der Waals surface area (Å²) >= 11 is 0. The number of hydrogen-bond acceptors (Lipinski definition) is 6. The highest BCUT2D eigenvalue weighted by Crippen LogP contribution is 2.38. The van der Waals surface area contributed by atoms with E-state index in [1.807, 2.05) is 16.7 Å². The van der Waals surface area contributed by atoms with Crippen molar-refractivity contribution < 1.29 is 28.1 Å². The molecule has 3 aromatic rings. The Hall–Kier alpha value is -3.13. The highest BCUT2D eigenvalue weighted by molar-refractivity contribution is 6.02. The first-order valence-electron chi connectivity index (χ1n) is 10.2. The quantitative estimate of drug-likeness (QED) is 0.495. The minimum Gasteiger partial charge on any atom is -0.496 e. The maximum Gasteiger partial charge on any atom is 0.235 e. The predicted octanol–water partition coefficient (Wildman–Crippen LogP) is 4.42. The summed E-state index contributed by atoms with van der Waals surface area (Å²) in [5.74, 6) is 1.29. The van der Waals surface area contributed by atoms with Crippen LogP contribution in [0, 0.1) is 0 Å². The van der Waals surface area contributed by atoms with E-state index in [-0.39, 0.29) is 29.4 Å². The number of fused-ring (bicyclic) bond motifs is 1. The first kappa shape index (κ1) is 21.1. The minimum absolute atomic E-state index is 0.140. The van der Waals surface area contributed by atoms with Gasteiger partial charge in [-0.15, -0.1) is 0 Å². The number of methoxy groups -OCH3 is 2. The molecule has 1 atom stereocenters. The van der Waals surface area contributed by atoms with Crippen LogP contribution in [0.1, 0.15) is 42.1 Å². The van der Waals surface area contributed by atoms with E-state index in [4.69, 9.17) is 18.9 Å². The zero-order valence-corrected chi connectivity index (χ0v) is 18.0. The Morgan fingerprint density at radius 3 is 2.52 bits per heavy atom. The van der Waals surface area contributed by atoms with Gasteiger partial charge in [0.2, 0.25) is 6.36 Å². The van der Waals surface area contributed by atoms with Gasteiger partial charge >= 0.3 is 0 Å². The fraction of sp³-hybridized carbons (Fsp3) is 0.391. The summed E-state index contributed by atoms with van der Waals surface area (Å²) in [4.78, 5) is 17.0. The van der Waals surface area contributed by atoms with Gasteiger partial charge in [-0.2, -0.15) is 0 Å². The molecular formula is C23H25FN2O5. The summed E-state index contributed by atoms with van der Waals surface area (Å²) in [6.45, 7) is 4.32. The Kier molecular flexibility index (Phi) is 5.82. The molecule has 2 aromatic heterocycles. The second-order valence-corrected chi connectivity index (χ2v) is 7.39. The van der Waals surface area contributed by atoms with Gasteiger partial charge in [0.25, 0.3) is 0 Å². The Labute approximate surface area is 179 Å². The molecule has 0 radical (unpaired) electrons. The molecule has 1 saturated heterocycles. The molecule has 1 aliphatic rings. The molecule has 1 aliphatic heterocycles. The second-order valence-electron chi connectivity index (χ2n) is 7.39. The van der Waals surface area contributed by atoms with Crippen LogP contribution in [-0.4, -0.2) is 49.0 Å². The average molecular weight is 428 g/mol. The lowest BCUT2D eigenvalue weighted by Gasteiger charge is -2.27. The molecule has 31 heavy (non-hydrogen) atoms. The maximum atomic E-state index is 13.7. The molecule has 7 nitrogen and oxygen atoms in total. The van der Waals surface area contributed by atoms with E-state index in [0.717, 1.165) is 22.7 Å². The van der Waals surface area contributed by atoms with Gasteiger partial charge in [0.05, 0.1) is 45.5 Å². The van der Waals surface area contributed by atoms with Gasteiger partial charge in [0.1, 0.15) is 28.5 Å². The van der Waals surface area contributed by atoms with E-state index >= 15 is 0 Å². The highest BCUT2D eigenvalue weighted by Gasteiger charge is 2.26. The van der Waals surface area contributed by atoms with E-state index in [9.17, 15) is 9.18 Å². The van der Waals surface area contributed by atoms with Crippen molar-refractivity contribution in [2.75, 3.05) is 27.4 Å². The Balaban J connectivity index is 1.87. The zero-order valence-electron chi connectivity index (χ0n) is 18.0. The summed E-state index contributed by atoms with van der Waals surface area (Å²) in [5.41, 5.74) is 3.43. The number of rotatable bonds is 8. The van der Waals surface area contributed by atoms with Crippen LogP contribution in [0.4, 0.5) is 4.39 Å². The summed E-state index contributed by atoms with van der Waals surface area (Å²) < 4.78 is 37.4. The van der Waals surface area contributed by atoms with E-state index < -0.39 is 6.36 Å². The zero-order chi connectivity index (χ0) is 22.1. The van der Waals surface area contributed by atoms with E-state index in [1.54, 1.807) is 32.4 Å². The van der Waals surface area contributed by atoms with Crippen LogP contribution in [0.15, 0.2) is 30.6 Å². The number of ether oxygens (including phenoxy) is 4. The fourth-order valence-electron chi connectivity index (χ4n) is 3.76. The van der Waals surface area contributed by atoms with Crippen molar-refractivity contribution in [2.45, 2.75) is 32.5 Å². The summed E-state index contributed by atoms with van der Waals surface area (Å²) in [5, 5.41) is 0. The van der Waals surface area contributed by atoms with Crippen LogP contribution in [-0.2, 0) is 4.74 Å². The van der Waals surface area contributed by atoms with Crippen molar-refractivity contribution in [3.63, 3.8) is 0 Å². The van der Waals surface area contributed by atoms with Crippen molar-refractivity contribution >= 4 is 11.4 Å². The van der Waals surface area contributed by atoms with Crippen molar-refractivity contribution in [1.29, 1.82) is 0 Å². The summed E-state index contributed by atoms with van der Waals surface area (Å²) in [6, 6.07) is 5.37. The van der Waals surface area contributed by atoms with Crippen LogP contribution in [0.5, 0.6) is 17.2 Å². The van der Waals surface area contributed by atoms with Gasteiger partial charge in [-0.3, -0.25) is 9.20 Å². The molecule has 3 heterocycles. The molecule has 0 aliphatic carbocycles. The number of pyridine rings is 1. The number of imidazole rings is 1. The number of Topliss-reactive ketones (excluding diaryl/α,β-unsaturated/α-hetero) is 1. The standard InChI is InChI=1S/C23H25FN2O5/c1-5-18(27)23-19(28-3)6-14(7-20(23)31-13(2)24)17-9-25-22-8-16(15-11-30-12-15)21(29-4)10-26(17)22/h6-10,13,15H,5,11-12H2,1-4H3. The first-order valence-corrected chi connectivity index (χ1v) is 10.2. The van der Waals surface area contributed by atoms with E-state index in [2.05, 4.69) is 4.98 Å². The van der Waals surface area contributed by atoms with Gasteiger partial charge in [-0.25, -0.2) is 9.37 Å². The van der Waals surface area contributed by atoms with Crippen LogP contribution in [0.3, 0.4) is 0 Å². The van der Waals surface area contributed by atoms with Crippen molar-refractivity contribution in [2.24, 2.45) is 0 Å². The molecule has 1 unspecified atom stereocenters. The smallest absolute Gasteiger partial charge is 0.235 e. The Bertz CT molecular complexity index is 1120. The molecular weight excluding hydrogens is 403 g/mol. The number of alkyl halides is 1. The van der Waals surface area contributed by atoms with Crippen LogP contribution >= 0.6 is 0 Å². The van der Waals surface area contributed by atoms with Crippen molar-refractivity contribution in [3.8, 4) is 28.5 Å². The number of benzene rings is 1. The van der Waals surface area contributed by atoms with Gasteiger partial charge in [0, 0.05) is 30.4 Å². The number of nitrogens with zero attached hydrogens (tertiary/aromatic N) is 2. The molecule has 164 valence electrons. The van der Waals surface area contributed by atoms with E-state index in [1.165, 1.54) is 14.0 Å². The van der Waals surface area contributed by atoms with Crippen molar-refractivity contribution in [3.05, 3.63) is 41.7 Å². The van der Waals surface area contributed by atoms with Gasteiger partial charge < -0.3 is 18.9 Å². The minimum atomic E-state index is -1.59. The monoisotopic (exact) mass is 428 g/mol. The fourth-order valence-corrected chi connectivity index (χ4v) is 3.76. The average Bonchev–Trinajstić information content (AvgIpc) is 3.13. The number of ketones is 1. The highest BCUT2D eigenvalue weighted by atomic mass is 19.1. The third-order valence-corrected chi connectivity index (χ3v) is 5.41. The SMILES string of the molecule is CCC(=O)c1c(OC)cc(-c2cnc3cc(C4COC4)c(OC)cn23)cc1OC(C)F. The molecule has 0 bridgehead atoms. The summed E-state index contributed by atoms with van der Waals surface area (Å²) in [6.07, 6.45) is 2.25. The molecule has 0 amide bonds. The molecule has 1 aromatic carbocycles. The van der Waals surface area contributed by atoms with Crippen molar-refractivity contribution in [1.82, 2.24) is 9.38 Å². The second kappa shape index (κ2) is 8.55. The topological polar surface area (TPSA) is 71.3 Å². The molecule has 0 N–H and O–H groups in total. The Morgan fingerprint density at radius 2 is 1.94 bits per heavy atom. The lowest BCUT2D eigenvalue weighted by atomic mass is 9.97. The first-order chi connectivity index (χ1) is 15.0. The van der Waals surface area contributed by atoms with E-state index in [0.29, 0.717) is 24.5 Å². The van der Waals surface area contributed by atoms with Crippen LogP contribution in [0.25, 0.3) is 16.9 Å². The van der Waals surface area contributed by atoms with Crippen LogP contribution < -0.4 is 14.2 Å². The maximum absolute atomic E-state index is 13.7. The molecule has 4 rings (SSSR count). The van der Waals surface area contributed by atoms with Gasteiger partial charge in [-0.1, -0.05) is 6.92 Å². The van der Waals surface area contributed by atoms with Gasteiger partial charge in [0.15, 0.2) is 5.78 Å². The number of aromatic nitrogens is 2. The molecule has 0 saturated carbocycles. The normalized spacial score (nSPS) is 14.9. The third-order valence-electron chi connectivity index (χ3n) is 5.41.